The summed E-state index contributed by atoms with van der Waals surface area (Å²) in [6.07, 6.45) is 0.785. The van der Waals surface area contributed by atoms with Gasteiger partial charge in [0.25, 0.3) is 0 Å². The molecule has 28 heavy (non-hydrogen) atoms. The molecular weight excluding hydrogens is 355 g/mol. The highest BCUT2D eigenvalue weighted by Crippen LogP contribution is 2.23. The number of benzene rings is 2. The molecule has 2 aromatic carbocycles. The summed E-state index contributed by atoms with van der Waals surface area (Å²) >= 11 is 0. The zero-order valence-corrected chi connectivity index (χ0v) is 16.7. The highest BCUT2D eigenvalue weighted by molar-refractivity contribution is 6.01. The van der Waals surface area contributed by atoms with E-state index in [0.717, 1.165) is 11.1 Å². The molecule has 3 rings (SSSR count). The summed E-state index contributed by atoms with van der Waals surface area (Å²) in [4.78, 5) is 20.4. The molecule has 0 fully saturated rings. The van der Waals surface area contributed by atoms with E-state index in [1.54, 1.807) is 6.07 Å². The Kier molecular flexibility index (Phi) is 6.12. The van der Waals surface area contributed by atoms with Gasteiger partial charge in [0.1, 0.15) is 5.82 Å². The molecule has 1 aliphatic rings. The van der Waals surface area contributed by atoms with Gasteiger partial charge in [-0.25, -0.2) is 4.39 Å². The Bertz CT molecular complexity index is 843. The van der Waals surface area contributed by atoms with E-state index in [0.29, 0.717) is 31.6 Å². The monoisotopic (exact) mass is 382 g/mol. The summed E-state index contributed by atoms with van der Waals surface area (Å²) < 4.78 is 13.5. The van der Waals surface area contributed by atoms with Crippen LogP contribution in [-0.2, 0) is 16.2 Å². The van der Waals surface area contributed by atoms with Crippen molar-refractivity contribution >= 4 is 11.6 Å². The molecular formula is C23H27FN2O2. The lowest BCUT2D eigenvalue weighted by Gasteiger charge is -2.28. The van der Waals surface area contributed by atoms with Crippen LogP contribution in [0.4, 0.5) is 4.39 Å². The van der Waals surface area contributed by atoms with Crippen molar-refractivity contribution in [2.75, 3.05) is 6.54 Å². The molecule has 0 saturated carbocycles. The number of hydrogen-bond donors (Lipinski definition) is 0. The molecule has 1 heterocycles. The van der Waals surface area contributed by atoms with Crippen molar-refractivity contribution in [3.8, 4) is 0 Å². The molecule has 5 heteroatoms. The van der Waals surface area contributed by atoms with E-state index in [1.807, 2.05) is 41.3 Å². The van der Waals surface area contributed by atoms with Crippen LogP contribution < -0.4 is 0 Å². The maximum absolute atomic E-state index is 13.5. The fourth-order valence-corrected chi connectivity index (χ4v) is 3.23. The first kappa shape index (κ1) is 20.1. The van der Waals surface area contributed by atoms with Gasteiger partial charge in [-0.1, -0.05) is 68.4 Å². The second kappa shape index (κ2) is 8.55. The van der Waals surface area contributed by atoms with Gasteiger partial charge in [-0.05, 0) is 23.1 Å². The van der Waals surface area contributed by atoms with E-state index < -0.39 is 0 Å². The van der Waals surface area contributed by atoms with Gasteiger partial charge in [-0.3, -0.25) is 4.79 Å². The van der Waals surface area contributed by atoms with Crippen LogP contribution in [0.2, 0.25) is 0 Å². The third-order valence-electron chi connectivity index (χ3n) is 4.57. The van der Waals surface area contributed by atoms with Gasteiger partial charge < -0.3 is 9.74 Å². The summed E-state index contributed by atoms with van der Waals surface area (Å²) in [5, 5.41) is 4.13. The number of oxime groups is 1. The number of carbonyl (C=O) groups excluding carboxylic acids is 1. The number of hydrogen-bond acceptors (Lipinski definition) is 3. The predicted molar refractivity (Wildman–Crippen MR) is 108 cm³/mol. The molecule has 148 valence electrons. The Morgan fingerprint density at radius 3 is 2.61 bits per heavy atom. The first-order chi connectivity index (χ1) is 13.3. The molecule has 0 aliphatic carbocycles. The summed E-state index contributed by atoms with van der Waals surface area (Å²) in [6.45, 7) is 7.16. The number of amides is 1. The van der Waals surface area contributed by atoms with Crippen LogP contribution in [0.3, 0.4) is 0 Å². The average molecular weight is 382 g/mol. The minimum atomic E-state index is -0.297. The lowest BCUT2D eigenvalue weighted by Crippen LogP contribution is -2.38. The van der Waals surface area contributed by atoms with Crippen molar-refractivity contribution in [2.45, 2.75) is 46.3 Å². The molecule has 0 aromatic heterocycles. The summed E-state index contributed by atoms with van der Waals surface area (Å²) in [6, 6.07) is 16.3. The van der Waals surface area contributed by atoms with E-state index in [9.17, 15) is 9.18 Å². The lowest BCUT2D eigenvalue weighted by molar-refractivity contribution is -0.135. The molecule has 0 unspecified atom stereocenters. The van der Waals surface area contributed by atoms with Crippen LogP contribution in [0.25, 0.3) is 0 Å². The third-order valence-corrected chi connectivity index (χ3v) is 4.57. The van der Waals surface area contributed by atoms with E-state index in [4.69, 9.17) is 4.84 Å². The third kappa shape index (κ3) is 5.65. The topological polar surface area (TPSA) is 41.9 Å². The van der Waals surface area contributed by atoms with E-state index in [2.05, 4.69) is 25.9 Å². The normalized spacial score (nSPS) is 16.4. The molecule has 1 atom stereocenters. The first-order valence-corrected chi connectivity index (χ1v) is 9.60. The minimum absolute atomic E-state index is 0.0915. The van der Waals surface area contributed by atoms with Gasteiger partial charge in [-0.15, -0.1) is 0 Å². The van der Waals surface area contributed by atoms with Crippen LogP contribution in [0.1, 0.15) is 44.7 Å². The number of nitrogens with zero attached hydrogens (tertiary/aromatic N) is 2. The van der Waals surface area contributed by atoms with Crippen LogP contribution in [0, 0.1) is 11.2 Å². The second-order valence-corrected chi connectivity index (χ2v) is 8.48. The molecule has 0 spiro atoms. The van der Waals surface area contributed by atoms with Gasteiger partial charge in [0.2, 0.25) is 5.91 Å². The summed E-state index contributed by atoms with van der Waals surface area (Å²) in [5.74, 6) is -0.200. The van der Waals surface area contributed by atoms with E-state index >= 15 is 0 Å². The van der Waals surface area contributed by atoms with Gasteiger partial charge in [0.05, 0.1) is 12.3 Å². The van der Waals surface area contributed by atoms with Gasteiger partial charge in [0.15, 0.2) is 6.10 Å². The predicted octanol–water partition coefficient (Wildman–Crippen LogP) is 4.78. The first-order valence-electron chi connectivity index (χ1n) is 9.60. The SMILES string of the molecule is CC(C)(C)CC(=O)N(Cc1ccccc1)C[C@@H]1CC(c2cccc(F)c2)=NO1. The molecule has 1 amide bonds. The zero-order chi connectivity index (χ0) is 20.1. The number of halogens is 1. The fourth-order valence-electron chi connectivity index (χ4n) is 3.23. The van der Waals surface area contributed by atoms with E-state index in [1.165, 1.54) is 12.1 Å². The van der Waals surface area contributed by atoms with Crippen molar-refractivity contribution in [3.63, 3.8) is 0 Å². The Morgan fingerprint density at radius 2 is 1.93 bits per heavy atom. The smallest absolute Gasteiger partial charge is 0.223 e. The van der Waals surface area contributed by atoms with Crippen molar-refractivity contribution in [1.29, 1.82) is 0 Å². The maximum Gasteiger partial charge on any atom is 0.223 e. The molecule has 0 saturated heterocycles. The molecule has 0 radical (unpaired) electrons. The molecule has 2 aromatic rings. The maximum atomic E-state index is 13.5. The minimum Gasteiger partial charge on any atom is -0.390 e. The lowest BCUT2D eigenvalue weighted by atomic mass is 9.91. The van der Waals surface area contributed by atoms with E-state index in [-0.39, 0.29) is 23.2 Å². The van der Waals surface area contributed by atoms with Crippen molar-refractivity contribution in [2.24, 2.45) is 10.6 Å². The second-order valence-electron chi connectivity index (χ2n) is 8.48. The van der Waals surface area contributed by atoms with Crippen molar-refractivity contribution in [3.05, 3.63) is 71.5 Å². The van der Waals surface area contributed by atoms with Gasteiger partial charge >= 0.3 is 0 Å². The standard InChI is InChI=1S/C23H27FN2O2/c1-23(2,3)14-22(27)26(15-17-8-5-4-6-9-17)16-20-13-21(25-28-20)18-10-7-11-19(24)12-18/h4-12,20H,13-16H2,1-3H3/t20-/m0/s1. The van der Waals surface area contributed by atoms with Crippen molar-refractivity contribution in [1.82, 2.24) is 4.90 Å². The fraction of sp³-hybridized carbons (Fsp3) is 0.391. The molecule has 0 N–H and O–H groups in total. The summed E-state index contributed by atoms with van der Waals surface area (Å²) in [7, 11) is 0. The Hall–Kier alpha value is -2.69. The molecule has 1 aliphatic heterocycles. The van der Waals surface area contributed by atoms with Gasteiger partial charge in [0, 0.05) is 24.9 Å². The average Bonchev–Trinajstić information content (AvgIpc) is 3.09. The van der Waals surface area contributed by atoms with Gasteiger partial charge in [-0.2, -0.15) is 0 Å². The number of carbonyl (C=O) groups is 1. The Morgan fingerprint density at radius 1 is 1.18 bits per heavy atom. The zero-order valence-electron chi connectivity index (χ0n) is 16.7. The molecule has 4 nitrogen and oxygen atoms in total. The van der Waals surface area contributed by atoms with Crippen molar-refractivity contribution < 1.29 is 14.0 Å². The quantitative estimate of drug-likeness (QED) is 0.721. The van der Waals surface area contributed by atoms with Crippen LogP contribution in [-0.4, -0.2) is 29.2 Å². The number of rotatable bonds is 6. The Labute approximate surface area is 166 Å². The van der Waals surface area contributed by atoms with Crippen LogP contribution in [0.5, 0.6) is 0 Å². The summed E-state index contributed by atoms with van der Waals surface area (Å²) in [5.41, 5.74) is 2.42. The highest BCUT2D eigenvalue weighted by Gasteiger charge is 2.28. The van der Waals surface area contributed by atoms with Crippen LogP contribution in [0.15, 0.2) is 59.8 Å². The highest BCUT2D eigenvalue weighted by atomic mass is 19.1. The molecule has 0 bridgehead atoms. The Balaban J connectivity index is 1.68. The van der Waals surface area contributed by atoms with Crippen LogP contribution >= 0.6 is 0 Å². The largest absolute Gasteiger partial charge is 0.390 e.